The predicted octanol–water partition coefficient (Wildman–Crippen LogP) is 1.89. The molecule has 1 aliphatic rings. The Morgan fingerprint density at radius 2 is 2.14 bits per heavy atom. The zero-order valence-corrected chi connectivity index (χ0v) is 9.03. The van der Waals surface area contributed by atoms with E-state index in [0.29, 0.717) is 11.0 Å². The van der Waals surface area contributed by atoms with Gasteiger partial charge >= 0.3 is 6.18 Å². The summed E-state index contributed by atoms with van der Waals surface area (Å²) in [7, 11) is 0. The SMILES string of the molecule is C=C(Br)CN1CCC(O)(C(F)(F)F)C1. The number of alkyl halides is 3. The molecule has 0 aromatic heterocycles. The van der Waals surface area contributed by atoms with Crippen LogP contribution in [0.15, 0.2) is 11.1 Å². The molecule has 0 aliphatic carbocycles. The Morgan fingerprint density at radius 1 is 1.57 bits per heavy atom. The summed E-state index contributed by atoms with van der Waals surface area (Å²) in [6.45, 7) is 3.74. The number of β-amino-alcohol motifs (C(OH)–C–C–N with tert-alkyl or cyclic N) is 1. The van der Waals surface area contributed by atoms with Crippen LogP contribution in [0.5, 0.6) is 0 Å². The quantitative estimate of drug-likeness (QED) is 0.831. The predicted molar refractivity (Wildman–Crippen MR) is 50.1 cm³/mol. The minimum Gasteiger partial charge on any atom is -0.379 e. The van der Waals surface area contributed by atoms with E-state index in [1.54, 1.807) is 0 Å². The molecule has 1 saturated heterocycles. The molecule has 1 atom stereocenters. The molecule has 82 valence electrons. The second-order valence-corrected chi connectivity index (χ2v) is 4.63. The average Bonchev–Trinajstić information content (AvgIpc) is 2.30. The number of likely N-dealkylation sites (tertiary alicyclic amines) is 1. The fourth-order valence-electron chi connectivity index (χ4n) is 1.48. The number of aliphatic hydroxyl groups is 1. The molecule has 0 saturated carbocycles. The zero-order valence-electron chi connectivity index (χ0n) is 7.44. The van der Waals surface area contributed by atoms with Gasteiger partial charge in [0, 0.05) is 24.1 Å². The summed E-state index contributed by atoms with van der Waals surface area (Å²) in [6, 6.07) is 0. The van der Waals surface area contributed by atoms with E-state index in [-0.39, 0.29) is 19.5 Å². The van der Waals surface area contributed by atoms with Crippen LogP contribution in [0.3, 0.4) is 0 Å². The molecule has 1 fully saturated rings. The van der Waals surface area contributed by atoms with Gasteiger partial charge in [0.05, 0.1) is 0 Å². The van der Waals surface area contributed by atoms with E-state index in [0.717, 1.165) is 0 Å². The van der Waals surface area contributed by atoms with Crippen LogP contribution in [0, 0.1) is 0 Å². The van der Waals surface area contributed by atoms with E-state index in [4.69, 9.17) is 0 Å². The normalized spacial score (nSPS) is 29.5. The average molecular weight is 274 g/mol. The van der Waals surface area contributed by atoms with Crippen LogP contribution in [0.4, 0.5) is 13.2 Å². The van der Waals surface area contributed by atoms with Crippen molar-refractivity contribution in [2.45, 2.75) is 18.2 Å². The van der Waals surface area contributed by atoms with Gasteiger partial charge in [0.2, 0.25) is 0 Å². The van der Waals surface area contributed by atoms with E-state index >= 15 is 0 Å². The van der Waals surface area contributed by atoms with Gasteiger partial charge in [-0.05, 0) is 6.42 Å². The van der Waals surface area contributed by atoms with Gasteiger partial charge in [-0.3, -0.25) is 4.90 Å². The van der Waals surface area contributed by atoms with Crippen molar-refractivity contribution in [2.24, 2.45) is 0 Å². The third-order valence-electron chi connectivity index (χ3n) is 2.25. The Bertz CT molecular complexity index is 243. The van der Waals surface area contributed by atoms with Gasteiger partial charge in [-0.15, -0.1) is 0 Å². The molecular formula is C8H11BrF3NO. The first-order chi connectivity index (χ1) is 6.24. The lowest BCUT2D eigenvalue weighted by Crippen LogP contribution is -2.47. The van der Waals surface area contributed by atoms with Crippen LogP contribution in [0.25, 0.3) is 0 Å². The van der Waals surface area contributed by atoms with Gasteiger partial charge in [0.15, 0.2) is 5.60 Å². The number of halogens is 4. The highest BCUT2D eigenvalue weighted by Gasteiger charge is 2.56. The first-order valence-corrected chi connectivity index (χ1v) is 4.89. The molecule has 1 rings (SSSR count). The number of rotatable bonds is 2. The largest absolute Gasteiger partial charge is 0.418 e. The van der Waals surface area contributed by atoms with Crippen molar-refractivity contribution in [3.8, 4) is 0 Å². The van der Waals surface area contributed by atoms with Crippen molar-refractivity contribution in [3.63, 3.8) is 0 Å². The minimum absolute atomic E-state index is 0.237. The number of nitrogens with zero attached hydrogens (tertiary/aromatic N) is 1. The van der Waals surface area contributed by atoms with E-state index in [1.807, 2.05) is 0 Å². The molecular weight excluding hydrogens is 263 g/mol. The fourth-order valence-corrected chi connectivity index (χ4v) is 1.83. The first kappa shape index (κ1) is 12.0. The second-order valence-electron chi connectivity index (χ2n) is 3.51. The molecule has 0 aromatic carbocycles. The fraction of sp³-hybridized carbons (Fsp3) is 0.750. The van der Waals surface area contributed by atoms with Gasteiger partial charge < -0.3 is 5.11 Å². The molecule has 0 bridgehead atoms. The summed E-state index contributed by atoms with van der Waals surface area (Å²) in [4.78, 5) is 1.52. The summed E-state index contributed by atoms with van der Waals surface area (Å²) in [5.41, 5.74) is -2.55. The van der Waals surface area contributed by atoms with Gasteiger partial charge in [0.25, 0.3) is 0 Å². The van der Waals surface area contributed by atoms with Crippen LogP contribution < -0.4 is 0 Å². The van der Waals surface area contributed by atoms with E-state index in [9.17, 15) is 18.3 Å². The maximum Gasteiger partial charge on any atom is 0.418 e. The van der Waals surface area contributed by atoms with Gasteiger partial charge in [0.1, 0.15) is 0 Å². The number of hydrogen-bond donors (Lipinski definition) is 1. The lowest BCUT2D eigenvalue weighted by atomic mass is 10.0. The van der Waals surface area contributed by atoms with Crippen molar-refractivity contribution in [1.29, 1.82) is 0 Å². The standard InChI is InChI=1S/C8H11BrF3NO/c1-6(9)4-13-3-2-7(14,5-13)8(10,11)12/h14H,1-5H2. The van der Waals surface area contributed by atoms with Crippen molar-refractivity contribution in [3.05, 3.63) is 11.1 Å². The third kappa shape index (κ3) is 2.49. The molecule has 0 amide bonds. The molecule has 2 nitrogen and oxygen atoms in total. The van der Waals surface area contributed by atoms with E-state index < -0.39 is 11.8 Å². The highest BCUT2D eigenvalue weighted by Crippen LogP contribution is 2.37. The van der Waals surface area contributed by atoms with Crippen molar-refractivity contribution in [1.82, 2.24) is 4.90 Å². The Kier molecular flexibility index (Phi) is 3.28. The molecule has 1 unspecified atom stereocenters. The van der Waals surface area contributed by atoms with E-state index in [1.165, 1.54) is 4.90 Å². The second kappa shape index (κ2) is 3.83. The molecule has 0 aromatic rings. The minimum atomic E-state index is -4.55. The van der Waals surface area contributed by atoms with Crippen molar-refractivity contribution < 1.29 is 18.3 Å². The van der Waals surface area contributed by atoms with Crippen LogP contribution in [0.2, 0.25) is 0 Å². The molecule has 14 heavy (non-hydrogen) atoms. The van der Waals surface area contributed by atoms with Crippen LogP contribution in [-0.2, 0) is 0 Å². The maximum absolute atomic E-state index is 12.3. The molecule has 1 N–H and O–H groups in total. The van der Waals surface area contributed by atoms with Crippen molar-refractivity contribution in [2.75, 3.05) is 19.6 Å². The Morgan fingerprint density at radius 3 is 2.50 bits per heavy atom. The lowest BCUT2D eigenvalue weighted by molar-refractivity contribution is -0.253. The van der Waals surface area contributed by atoms with Gasteiger partial charge in [-0.25, -0.2) is 0 Å². The number of hydrogen-bond acceptors (Lipinski definition) is 2. The van der Waals surface area contributed by atoms with Crippen LogP contribution in [0.1, 0.15) is 6.42 Å². The molecule has 0 radical (unpaired) electrons. The monoisotopic (exact) mass is 273 g/mol. The molecule has 0 spiro atoms. The Hall–Kier alpha value is -0.0700. The summed E-state index contributed by atoms with van der Waals surface area (Å²) in [5.74, 6) is 0. The van der Waals surface area contributed by atoms with Gasteiger partial charge in [-0.1, -0.05) is 22.5 Å². The Labute approximate surface area is 88.5 Å². The molecule has 1 aliphatic heterocycles. The lowest BCUT2D eigenvalue weighted by Gasteiger charge is -2.25. The van der Waals surface area contributed by atoms with E-state index in [2.05, 4.69) is 22.5 Å². The summed E-state index contributed by atoms with van der Waals surface area (Å²) in [6.07, 6.45) is -4.81. The highest BCUT2D eigenvalue weighted by atomic mass is 79.9. The maximum atomic E-state index is 12.3. The van der Waals surface area contributed by atoms with Gasteiger partial charge in [-0.2, -0.15) is 13.2 Å². The topological polar surface area (TPSA) is 23.5 Å². The van der Waals surface area contributed by atoms with Crippen LogP contribution in [-0.4, -0.2) is 41.4 Å². The summed E-state index contributed by atoms with van der Waals surface area (Å²) >= 11 is 3.07. The zero-order chi connectivity index (χ0) is 11.0. The Balaban J connectivity index is 2.60. The molecule has 6 heteroatoms. The smallest absolute Gasteiger partial charge is 0.379 e. The van der Waals surface area contributed by atoms with Crippen LogP contribution >= 0.6 is 15.9 Å². The van der Waals surface area contributed by atoms with Crippen molar-refractivity contribution >= 4 is 15.9 Å². The summed E-state index contributed by atoms with van der Waals surface area (Å²) in [5, 5.41) is 9.30. The molecule has 1 heterocycles. The highest BCUT2D eigenvalue weighted by molar-refractivity contribution is 9.11. The third-order valence-corrected chi connectivity index (χ3v) is 2.50. The summed E-state index contributed by atoms with van der Waals surface area (Å²) < 4.78 is 37.6. The first-order valence-electron chi connectivity index (χ1n) is 4.09.